The summed E-state index contributed by atoms with van der Waals surface area (Å²) < 4.78 is 0. The van der Waals surface area contributed by atoms with Gasteiger partial charge in [0.15, 0.2) is 0 Å². The number of hydrogen-bond donors (Lipinski definition) is 0. The molecule has 0 aromatic heterocycles. The van der Waals surface area contributed by atoms with Crippen LogP contribution in [0, 0.1) is 0 Å². The molecule has 0 saturated heterocycles. The molecule has 1 aliphatic carbocycles. The molecule has 0 radical (unpaired) electrons. The van der Waals surface area contributed by atoms with Gasteiger partial charge in [0.2, 0.25) is 0 Å². The van der Waals surface area contributed by atoms with Crippen molar-refractivity contribution in [2.45, 2.75) is 71.6 Å². The summed E-state index contributed by atoms with van der Waals surface area (Å²) in [7, 11) is 0. The highest BCUT2D eigenvalue weighted by molar-refractivity contribution is 6.94. The average molecular weight is 851 g/mol. The number of rotatable bonds is 4. The summed E-state index contributed by atoms with van der Waals surface area (Å²) in [5.74, 6) is 0. The monoisotopic (exact) mass is 850 g/mol. The van der Waals surface area contributed by atoms with Crippen LogP contribution in [0.2, 0.25) is 0 Å². The number of fused-ring (bicyclic) bond motifs is 9. The minimum atomic E-state index is -0.182. The summed E-state index contributed by atoms with van der Waals surface area (Å²) in [5, 5.41) is 2.51. The van der Waals surface area contributed by atoms with Crippen LogP contribution < -0.4 is 20.6 Å². The van der Waals surface area contributed by atoms with Crippen molar-refractivity contribution >= 4 is 57.0 Å². The van der Waals surface area contributed by atoms with Gasteiger partial charge in [-0.15, -0.1) is 0 Å². The Morgan fingerprint density at radius 2 is 1.06 bits per heavy atom. The third kappa shape index (κ3) is 6.09. The third-order valence-corrected chi connectivity index (χ3v) is 14.9. The highest BCUT2D eigenvalue weighted by atomic mass is 15.2. The van der Waals surface area contributed by atoms with E-state index in [2.05, 4.69) is 253 Å². The summed E-state index contributed by atoms with van der Waals surface area (Å²) in [4.78, 5) is 5.32. The van der Waals surface area contributed by atoms with Gasteiger partial charge < -0.3 is 9.71 Å². The Balaban J connectivity index is 1.24. The van der Waals surface area contributed by atoms with Crippen LogP contribution in [0.1, 0.15) is 77.6 Å². The predicted molar refractivity (Wildman–Crippen MR) is 284 cm³/mol. The van der Waals surface area contributed by atoms with Crippen LogP contribution in [0.25, 0.3) is 55.3 Å². The zero-order valence-electron chi connectivity index (χ0n) is 39.4. The van der Waals surface area contributed by atoms with E-state index in [0.29, 0.717) is 0 Å². The Morgan fingerprint density at radius 1 is 0.424 bits per heavy atom. The number of anilines is 5. The second-order valence-corrected chi connectivity index (χ2v) is 21.4. The van der Waals surface area contributed by atoms with E-state index in [-0.39, 0.29) is 23.1 Å². The van der Waals surface area contributed by atoms with Gasteiger partial charge >= 0.3 is 6.85 Å². The molecule has 12 rings (SSSR count). The normalized spacial score (nSPS) is 14.4. The average Bonchev–Trinajstić information content (AvgIpc) is 3.55. The van der Waals surface area contributed by atoms with E-state index < -0.39 is 0 Å². The lowest BCUT2D eigenvalue weighted by atomic mass is 9.42. The Hall–Kier alpha value is -7.10. The summed E-state index contributed by atoms with van der Waals surface area (Å²) in [6.45, 7) is 18.6. The fraction of sp³-hybridized carbons (Fsp3) is 0.175. The van der Waals surface area contributed by atoms with E-state index >= 15 is 0 Å². The lowest BCUT2D eigenvalue weighted by Gasteiger charge is -2.47. The maximum absolute atomic E-state index is 2.68. The van der Waals surface area contributed by atoms with Crippen molar-refractivity contribution in [2.75, 3.05) is 9.71 Å². The molecule has 0 amide bonds. The Labute approximate surface area is 391 Å². The molecule has 2 heterocycles. The highest BCUT2D eigenvalue weighted by Crippen LogP contribution is 2.55. The van der Waals surface area contributed by atoms with Crippen LogP contribution >= 0.6 is 0 Å². The SMILES string of the molecule is CC(C)(C)c1ccc(N2B3c4cc5c(cc4N(c4ccc(C(C)(C)C)cc4-c4ccccc4)c4cc6ccccc6c(c43)-c3cc(-c4ccccc4)ccc32)-c2ccccc2C5(C)C)cc1. The van der Waals surface area contributed by atoms with Gasteiger partial charge in [0.25, 0.3) is 0 Å². The smallest absolute Gasteiger partial charge is 0.333 e. The van der Waals surface area contributed by atoms with Gasteiger partial charge in [-0.1, -0.05) is 195 Å². The maximum Gasteiger partial charge on any atom is 0.333 e. The van der Waals surface area contributed by atoms with Gasteiger partial charge in [-0.2, -0.15) is 0 Å². The van der Waals surface area contributed by atoms with Gasteiger partial charge in [0, 0.05) is 39.3 Å². The van der Waals surface area contributed by atoms with Crippen LogP contribution in [0.5, 0.6) is 0 Å². The molecular weight excluding hydrogens is 796 g/mol. The fourth-order valence-electron chi connectivity index (χ4n) is 11.4. The Kier molecular flexibility index (Phi) is 8.85. The lowest BCUT2D eigenvalue weighted by Crippen LogP contribution is -2.61. The van der Waals surface area contributed by atoms with Gasteiger partial charge in [0.1, 0.15) is 0 Å². The molecule has 320 valence electrons. The van der Waals surface area contributed by atoms with Gasteiger partial charge in [0.05, 0.1) is 5.69 Å². The summed E-state index contributed by atoms with van der Waals surface area (Å²) >= 11 is 0. The van der Waals surface area contributed by atoms with E-state index in [1.165, 1.54) is 117 Å². The molecule has 2 aliphatic heterocycles. The number of hydrogen-bond acceptors (Lipinski definition) is 2. The minimum absolute atomic E-state index is 0.0275. The van der Waals surface area contributed by atoms with Crippen LogP contribution in [0.3, 0.4) is 0 Å². The van der Waals surface area contributed by atoms with Crippen molar-refractivity contribution in [1.29, 1.82) is 0 Å². The lowest BCUT2D eigenvalue weighted by molar-refractivity contribution is 0.590. The zero-order valence-corrected chi connectivity index (χ0v) is 39.4. The Bertz CT molecular complexity index is 3410. The van der Waals surface area contributed by atoms with Gasteiger partial charge in [-0.3, -0.25) is 0 Å². The van der Waals surface area contributed by atoms with E-state index in [0.717, 1.165) is 0 Å². The molecule has 66 heavy (non-hydrogen) atoms. The first-order valence-electron chi connectivity index (χ1n) is 23.7. The quantitative estimate of drug-likeness (QED) is 0.163. The Morgan fingerprint density at radius 3 is 1.79 bits per heavy atom. The molecule has 2 nitrogen and oxygen atoms in total. The van der Waals surface area contributed by atoms with Crippen molar-refractivity contribution < 1.29 is 0 Å². The van der Waals surface area contributed by atoms with E-state index in [1.54, 1.807) is 0 Å². The first-order valence-corrected chi connectivity index (χ1v) is 23.7. The third-order valence-electron chi connectivity index (χ3n) is 14.9. The minimum Gasteiger partial charge on any atom is -0.376 e. The molecular formula is C63H55BN2. The van der Waals surface area contributed by atoms with Gasteiger partial charge in [-0.05, 0) is 137 Å². The van der Waals surface area contributed by atoms with E-state index in [9.17, 15) is 0 Å². The topological polar surface area (TPSA) is 6.48 Å². The highest BCUT2D eigenvalue weighted by Gasteiger charge is 2.48. The van der Waals surface area contributed by atoms with Crippen molar-refractivity contribution in [1.82, 2.24) is 0 Å². The number of benzene rings is 9. The summed E-state index contributed by atoms with van der Waals surface area (Å²) in [5.41, 5.74) is 24.0. The summed E-state index contributed by atoms with van der Waals surface area (Å²) in [6, 6.07) is 71.6. The van der Waals surface area contributed by atoms with Crippen LogP contribution in [0.4, 0.5) is 28.4 Å². The van der Waals surface area contributed by atoms with Gasteiger partial charge in [-0.25, -0.2) is 0 Å². The first kappa shape index (κ1) is 40.4. The van der Waals surface area contributed by atoms with Crippen LogP contribution in [-0.2, 0) is 16.2 Å². The molecule has 0 bridgehead atoms. The van der Waals surface area contributed by atoms with Crippen LogP contribution in [-0.4, -0.2) is 6.85 Å². The molecule has 0 spiro atoms. The fourth-order valence-corrected chi connectivity index (χ4v) is 11.4. The molecule has 9 aromatic rings. The molecule has 0 unspecified atom stereocenters. The van der Waals surface area contributed by atoms with Crippen molar-refractivity contribution in [3.05, 3.63) is 210 Å². The second-order valence-electron chi connectivity index (χ2n) is 21.4. The molecule has 9 aromatic carbocycles. The van der Waals surface area contributed by atoms with Crippen molar-refractivity contribution in [3.63, 3.8) is 0 Å². The number of nitrogens with zero attached hydrogens (tertiary/aromatic N) is 2. The molecule has 0 fully saturated rings. The molecule has 0 atom stereocenters. The maximum atomic E-state index is 2.68. The second kappa shape index (κ2) is 14.5. The molecule has 3 aliphatic rings. The molecule has 3 heteroatoms. The van der Waals surface area contributed by atoms with Crippen molar-refractivity contribution in [2.24, 2.45) is 0 Å². The molecule has 0 saturated carbocycles. The standard InChI is InChI=1S/C63H55BN2/c1-61(2,3)44-28-31-46(32-29-44)66-56-33-27-42(40-19-11-9-12-20-40)35-51(56)59-47-24-16-15-23-43(47)36-58-60(59)64(66)54-39-53-50(48-25-17-18-26-52(48)63(53,7)8)38-57(54)65(58)55-34-30-45(62(4,5)6)37-49(55)41-21-13-10-14-22-41/h9-39H,1-8H3. The van der Waals surface area contributed by atoms with Crippen LogP contribution in [0.15, 0.2) is 188 Å². The first-order chi connectivity index (χ1) is 31.8. The molecule has 0 N–H and O–H groups in total. The van der Waals surface area contributed by atoms with Crippen molar-refractivity contribution in [3.8, 4) is 44.5 Å². The van der Waals surface area contributed by atoms with E-state index in [1.807, 2.05) is 0 Å². The summed E-state index contributed by atoms with van der Waals surface area (Å²) in [6.07, 6.45) is 0. The van der Waals surface area contributed by atoms with E-state index in [4.69, 9.17) is 0 Å². The largest absolute Gasteiger partial charge is 0.376 e. The zero-order chi connectivity index (χ0) is 45.3. The predicted octanol–water partition coefficient (Wildman–Crippen LogP) is 15.8.